The Kier molecular flexibility index (Phi) is 4.19. The summed E-state index contributed by atoms with van der Waals surface area (Å²) in [5, 5.41) is 10.4. The molecule has 25 heavy (non-hydrogen) atoms. The highest BCUT2D eigenvalue weighted by Gasteiger charge is 2.22. The third-order valence-electron chi connectivity index (χ3n) is 4.34. The first-order valence-electron chi connectivity index (χ1n) is 8.20. The Labute approximate surface area is 150 Å². The molecule has 1 aliphatic heterocycles. The van der Waals surface area contributed by atoms with Gasteiger partial charge in [-0.2, -0.15) is 4.98 Å². The second-order valence-corrected chi connectivity index (χ2v) is 6.74. The second kappa shape index (κ2) is 6.50. The second-order valence-electron chi connectivity index (χ2n) is 6.30. The molecule has 1 aliphatic rings. The molecule has 1 atom stereocenters. The summed E-state index contributed by atoms with van der Waals surface area (Å²) >= 11 is 6.02. The van der Waals surface area contributed by atoms with E-state index in [2.05, 4.69) is 24.8 Å². The quantitative estimate of drug-likeness (QED) is 0.744. The first-order chi connectivity index (χ1) is 12.1. The van der Waals surface area contributed by atoms with Crippen LogP contribution in [-0.4, -0.2) is 51.3 Å². The van der Waals surface area contributed by atoms with Crippen molar-refractivity contribution in [3.05, 3.63) is 41.3 Å². The summed E-state index contributed by atoms with van der Waals surface area (Å²) in [6, 6.07) is 7.46. The van der Waals surface area contributed by atoms with Crippen molar-refractivity contribution in [2.24, 2.45) is 0 Å². The van der Waals surface area contributed by atoms with Gasteiger partial charge in [0.2, 0.25) is 5.95 Å². The third-order valence-corrected chi connectivity index (χ3v) is 4.57. The number of hydrogen-bond donors (Lipinski definition) is 2. The lowest BCUT2D eigenvalue weighted by atomic mass is 10.3. The van der Waals surface area contributed by atoms with Gasteiger partial charge in [0, 0.05) is 31.4 Å². The molecular weight excluding hydrogens is 340 g/mol. The Bertz CT molecular complexity index is 898. The molecule has 1 fully saturated rings. The molecule has 8 heteroatoms. The Morgan fingerprint density at radius 1 is 1.36 bits per heavy atom. The van der Waals surface area contributed by atoms with E-state index in [1.807, 2.05) is 36.2 Å². The fourth-order valence-electron chi connectivity index (χ4n) is 3.05. The van der Waals surface area contributed by atoms with Crippen molar-refractivity contribution >= 4 is 34.4 Å². The maximum Gasteiger partial charge on any atom is 0.227 e. The zero-order valence-electron chi connectivity index (χ0n) is 13.9. The van der Waals surface area contributed by atoms with E-state index in [0.29, 0.717) is 24.1 Å². The zero-order valence-corrected chi connectivity index (χ0v) is 14.6. The van der Waals surface area contributed by atoms with E-state index in [1.165, 1.54) is 0 Å². The van der Waals surface area contributed by atoms with Crippen molar-refractivity contribution in [3.63, 3.8) is 0 Å². The number of rotatable bonds is 4. The molecular formula is C17H19ClN6O. The number of aliphatic hydroxyl groups is 1. The van der Waals surface area contributed by atoms with Crippen molar-refractivity contribution in [1.82, 2.24) is 19.9 Å². The standard InChI is InChI=1S/C17H19ClN6O/c1-23(10-15-20-13-3-2-11(18)8-14(13)21-15)17-19-6-4-16(22-17)24-7-5-12(25)9-24/h2-4,6,8,12,25H,5,7,9-10H2,1H3,(H,20,21). The Balaban J connectivity index is 1.52. The summed E-state index contributed by atoms with van der Waals surface area (Å²) < 4.78 is 0. The van der Waals surface area contributed by atoms with Gasteiger partial charge in [0.25, 0.3) is 0 Å². The summed E-state index contributed by atoms with van der Waals surface area (Å²) in [5.74, 6) is 2.28. The number of imidazole rings is 1. The molecule has 3 heterocycles. The van der Waals surface area contributed by atoms with Crippen molar-refractivity contribution in [2.75, 3.05) is 29.9 Å². The van der Waals surface area contributed by atoms with Crippen molar-refractivity contribution in [1.29, 1.82) is 0 Å². The molecule has 0 bridgehead atoms. The predicted molar refractivity (Wildman–Crippen MR) is 98.1 cm³/mol. The van der Waals surface area contributed by atoms with E-state index in [1.54, 1.807) is 6.20 Å². The van der Waals surface area contributed by atoms with Crippen LogP contribution in [0.2, 0.25) is 5.02 Å². The highest BCUT2D eigenvalue weighted by molar-refractivity contribution is 6.31. The third kappa shape index (κ3) is 3.38. The van der Waals surface area contributed by atoms with E-state index >= 15 is 0 Å². The Morgan fingerprint density at radius 2 is 2.24 bits per heavy atom. The number of nitrogens with zero attached hydrogens (tertiary/aromatic N) is 5. The Morgan fingerprint density at radius 3 is 3.04 bits per heavy atom. The van der Waals surface area contributed by atoms with Crippen LogP contribution in [0.15, 0.2) is 30.5 Å². The minimum Gasteiger partial charge on any atom is -0.391 e. The normalized spacial score (nSPS) is 17.4. The number of anilines is 2. The van der Waals surface area contributed by atoms with Crippen LogP contribution in [0.5, 0.6) is 0 Å². The summed E-state index contributed by atoms with van der Waals surface area (Å²) in [7, 11) is 1.93. The molecule has 1 unspecified atom stereocenters. The molecule has 4 rings (SSSR count). The SMILES string of the molecule is CN(Cc1nc2ccc(Cl)cc2[nH]1)c1nccc(N2CCC(O)C2)n1. The van der Waals surface area contributed by atoms with Gasteiger partial charge in [-0.3, -0.25) is 0 Å². The van der Waals surface area contributed by atoms with Crippen LogP contribution in [-0.2, 0) is 6.54 Å². The van der Waals surface area contributed by atoms with E-state index < -0.39 is 0 Å². The van der Waals surface area contributed by atoms with Gasteiger partial charge < -0.3 is 19.9 Å². The van der Waals surface area contributed by atoms with E-state index in [4.69, 9.17) is 11.6 Å². The van der Waals surface area contributed by atoms with Gasteiger partial charge in [0.15, 0.2) is 0 Å². The molecule has 0 saturated carbocycles. The van der Waals surface area contributed by atoms with Gasteiger partial charge in [0.05, 0.1) is 23.7 Å². The number of aliphatic hydroxyl groups excluding tert-OH is 1. The molecule has 3 aromatic rings. The van der Waals surface area contributed by atoms with Gasteiger partial charge in [-0.1, -0.05) is 11.6 Å². The number of β-amino-alcohol motifs (C(OH)–C–C–N with tert-alkyl or cyclic N) is 1. The zero-order chi connectivity index (χ0) is 17.4. The average molecular weight is 359 g/mol. The minimum atomic E-state index is -0.279. The first kappa shape index (κ1) is 16.1. The van der Waals surface area contributed by atoms with Crippen LogP contribution < -0.4 is 9.80 Å². The predicted octanol–water partition coefficient (Wildman–Crippen LogP) is 2.21. The number of H-pyrrole nitrogens is 1. The van der Waals surface area contributed by atoms with E-state index in [0.717, 1.165) is 35.6 Å². The topological polar surface area (TPSA) is 81.2 Å². The molecule has 2 aromatic heterocycles. The highest BCUT2D eigenvalue weighted by Crippen LogP contribution is 2.21. The maximum absolute atomic E-state index is 9.71. The number of halogens is 1. The van der Waals surface area contributed by atoms with E-state index in [9.17, 15) is 5.11 Å². The molecule has 0 radical (unpaired) electrons. The average Bonchev–Trinajstić information content (AvgIpc) is 3.20. The lowest BCUT2D eigenvalue weighted by Gasteiger charge is -2.20. The smallest absolute Gasteiger partial charge is 0.227 e. The molecule has 130 valence electrons. The number of aromatic nitrogens is 4. The lowest BCUT2D eigenvalue weighted by molar-refractivity contribution is 0.198. The number of nitrogens with one attached hydrogen (secondary N) is 1. The maximum atomic E-state index is 9.71. The number of aromatic amines is 1. The Hall–Kier alpha value is -2.38. The summed E-state index contributed by atoms with van der Waals surface area (Å²) in [4.78, 5) is 20.8. The molecule has 0 spiro atoms. The molecule has 1 aromatic carbocycles. The number of benzene rings is 1. The van der Waals surface area contributed by atoms with Crippen LogP contribution in [0.25, 0.3) is 11.0 Å². The van der Waals surface area contributed by atoms with E-state index in [-0.39, 0.29) is 6.10 Å². The van der Waals surface area contributed by atoms with Crippen molar-refractivity contribution in [3.8, 4) is 0 Å². The number of fused-ring (bicyclic) bond motifs is 1. The van der Waals surface area contributed by atoms with Crippen LogP contribution >= 0.6 is 11.6 Å². The van der Waals surface area contributed by atoms with Crippen molar-refractivity contribution in [2.45, 2.75) is 19.1 Å². The summed E-state index contributed by atoms with van der Waals surface area (Å²) in [6.45, 7) is 1.98. The van der Waals surface area contributed by atoms with Crippen LogP contribution in [0.1, 0.15) is 12.2 Å². The van der Waals surface area contributed by atoms with Crippen LogP contribution in [0.3, 0.4) is 0 Å². The molecule has 7 nitrogen and oxygen atoms in total. The molecule has 0 aliphatic carbocycles. The molecule has 0 amide bonds. The summed E-state index contributed by atoms with van der Waals surface area (Å²) in [5.41, 5.74) is 1.80. The number of hydrogen-bond acceptors (Lipinski definition) is 6. The first-order valence-corrected chi connectivity index (χ1v) is 8.57. The van der Waals surface area contributed by atoms with Gasteiger partial charge in [-0.25, -0.2) is 9.97 Å². The fourth-order valence-corrected chi connectivity index (χ4v) is 3.23. The van der Waals surface area contributed by atoms with Gasteiger partial charge in [-0.15, -0.1) is 0 Å². The minimum absolute atomic E-state index is 0.279. The highest BCUT2D eigenvalue weighted by atomic mass is 35.5. The van der Waals surface area contributed by atoms with Gasteiger partial charge in [-0.05, 0) is 30.7 Å². The van der Waals surface area contributed by atoms with Crippen molar-refractivity contribution < 1.29 is 5.11 Å². The monoisotopic (exact) mass is 358 g/mol. The lowest BCUT2D eigenvalue weighted by Crippen LogP contribution is -2.25. The summed E-state index contributed by atoms with van der Waals surface area (Å²) in [6.07, 6.45) is 2.24. The molecule has 2 N–H and O–H groups in total. The van der Waals surface area contributed by atoms with Crippen LogP contribution in [0.4, 0.5) is 11.8 Å². The van der Waals surface area contributed by atoms with Crippen LogP contribution in [0, 0.1) is 0 Å². The fraction of sp³-hybridized carbons (Fsp3) is 0.353. The van der Waals surface area contributed by atoms with Gasteiger partial charge >= 0.3 is 0 Å². The largest absolute Gasteiger partial charge is 0.391 e. The molecule has 1 saturated heterocycles. The van der Waals surface area contributed by atoms with Gasteiger partial charge in [0.1, 0.15) is 11.6 Å².